The Hall–Kier alpha value is -2.28. The van der Waals surface area contributed by atoms with E-state index in [2.05, 4.69) is 0 Å². The number of alkyl halides is 3. The average molecular weight is 400 g/mol. The summed E-state index contributed by atoms with van der Waals surface area (Å²) in [4.78, 5) is 10.1. The van der Waals surface area contributed by atoms with Crippen LogP contribution in [0.15, 0.2) is 36.4 Å². The lowest BCUT2D eigenvalue weighted by Crippen LogP contribution is -2.12. The molecule has 3 rings (SSSR count). The topological polar surface area (TPSA) is 52.4 Å². The average Bonchev–Trinajstić information content (AvgIpc) is 3.13. The van der Waals surface area contributed by atoms with Crippen LogP contribution in [0.1, 0.15) is 48.3 Å². The number of ether oxygens (including phenoxy) is 1. The van der Waals surface area contributed by atoms with Gasteiger partial charge in [0.15, 0.2) is 0 Å². The standard InChI is InChI=1S/C19H17ClF3NO3/c20-17-10-14(6-8-18(17)24(25)26)27-11-12-5-7-15(13-3-1-2-4-13)16(9-12)19(21,22)23/h5-10,13H,1-4,11H2. The Morgan fingerprint density at radius 3 is 2.44 bits per heavy atom. The van der Waals surface area contributed by atoms with Crippen molar-refractivity contribution in [2.75, 3.05) is 0 Å². The molecule has 0 N–H and O–H groups in total. The molecular formula is C19H17ClF3NO3. The van der Waals surface area contributed by atoms with Gasteiger partial charge in [0.25, 0.3) is 5.69 Å². The first-order valence-electron chi connectivity index (χ1n) is 8.52. The van der Waals surface area contributed by atoms with Gasteiger partial charge in [0.1, 0.15) is 17.4 Å². The van der Waals surface area contributed by atoms with Crippen molar-refractivity contribution in [3.63, 3.8) is 0 Å². The smallest absolute Gasteiger partial charge is 0.416 e. The van der Waals surface area contributed by atoms with Gasteiger partial charge in [-0.05, 0) is 42.0 Å². The number of benzene rings is 2. The van der Waals surface area contributed by atoms with E-state index < -0.39 is 16.7 Å². The first-order valence-corrected chi connectivity index (χ1v) is 8.90. The van der Waals surface area contributed by atoms with Crippen molar-refractivity contribution in [3.05, 3.63) is 68.2 Å². The number of nitro groups is 1. The largest absolute Gasteiger partial charge is 0.489 e. The van der Waals surface area contributed by atoms with Gasteiger partial charge in [-0.25, -0.2) is 0 Å². The van der Waals surface area contributed by atoms with E-state index in [4.69, 9.17) is 16.3 Å². The molecule has 0 heterocycles. The number of nitro benzene ring substituents is 1. The lowest BCUT2D eigenvalue weighted by molar-refractivity contribution is -0.384. The first kappa shape index (κ1) is 19.5. The highest BCUT2D eigenvalue weighted by atomic mass is 35.5. The molecule has 8 heteroatoms. The van der Waals surface area contributed by atoms with E-state index >= 15 is 0 Å². The molecule has 1 fully saturated rings. The van der Waals surface area contributed by atoms with Crippen LogP contribution in [0.5, 0.6) is 5.75 Å². The van der Waals surface area contributed by atoms with Gasteiger partial charge in [0.2, 0.25) is 0 Å². The van der Waals surface area contributed by atoms with E-state index in [9.17, 15) is 23.3 Å². The summed E-state index contributed by atoms with van der Waals surface area (Å²) >= 11 is 5.81. The number of rotatable bonds is 5. The Kier molecular flexibility index (Phi) is 5.60. The molecule has 1 saturated carbocycles. The molecule has 0 spiro atoms. The molecule has 0 aromatic heterocycles. The Balaban J connectivity index is 1.79. The lowest BCUT2D eigenvalue weighted by atomic mass is 9.91. The Morgan fingerprint density at radius 2 is 1.85 bits per heavy atom. The maximum atomic E-state index is 13.5. The van der Waals surface area contributed by atoms with Crippen molar-refractivity contribution < 1.29 is 22.8 Å². The Morgan fingerprint density at radius 1 is 1.15 bits per heavy atom. The maximum absolute atomic E-state index is 13.5. The van der Waals surface area contributed by atoms with Gasteiger partial charge in [-0.15, -0.1) is 0 Å². The fourth-order valence-electron chi connectivity index (χ4n) is 3.42. The van der Waals surface area contributed by atoms with Gasteiger partial charge in [0, 0.05) is 12.1 Å². The fraction of sp³-hybridized carbons (Fsp3) is 0.368. The molecule has 0 saturated heterocycles. The van der Waals surface area contributed by atoms with Crippen LogP contribution in [0, 0.1) is 10.1 Å². The molecule has 1 aliphatic rings. The van der Waals surface area contributed by atoms with Crippen LogP contribution in [-0.2, 0) is 12.8 Å². The van der Waals surface area contributed by atoms with E-state index in [0.717, 1.165) is 31.7 Å². The zero-order valence-electron chi connectivity index (χ0n) is 14.3. The predicted octanol–water partition coefficient (Wildman–Crippen LogP) is 6.50. The molecule has 2 aromatic carbocycles. The van der Waals surface area contributed by atoms with Crippen LogP contribution in [0.25, 0.3) is 0 Å². The molecule has 1 aliphatic carbocycles. The molecule has 2 aromatic rings. The number of nitrogens with zero attached hydrogens (tertiary/aromatic N) is 1. The number of hydrogen-bond donors (Lipinski definition) is 0. The highest BCUT2D eigenvalue weighted by Crippen LogP contribution is 2.42. The summed E-state index contributed by atoms with van der Waals surface area (Å²) < 4.78 is 46.0. The van der Waals surface area contributed by atoms with Gasteiger partial charge in [0.05, 0.1) is 10.5 Å². The number of hydrogen-bond acceptors (Lipinski definition) is 3. The van der Waals surface area contributed by atoms with Crippen LogP contribution in [0.4, 0.5) is 18.9 Å². The van der Waals surface area contributed by atoms with Crippen molar-refractivity contribution in [3.8, 4) is 5.75 Å². The molecule has 0 unspecified atom stereocenters. The summed E-state index contributed by atoms with van der Waals surface area (Å²) in [5.41, 5.74) is -0.151. The van der Waals surface area contributed by atoms with E-state index in [1.807, 2.05) is 0 Å². The van der Waals surface area contributed by atoms with Gasteiger partial charge < -0.3 is 4.74 Å². The maximum Gasteiger partial charge on any atom is 0.416 e. The zero-order chi connectivity index (χ0) is 19.6. The minimum Gasteiger partial charge on any atom is -0.489 e. The van der Waals surface area contributed by atoms with Crippen molar-refractivity contribution in [1.82, 2.24) is 0 Å². The third-order valence-corrected chi connectivity index (χ3v) is 5.04. The predicted molar refractivity (Wildman–Crippen MR) is 95.1 cm³/mol. The van der Waals surface area contributed by atoms with Crippen molar-refractivity contribution in [2.24, 2.45) is 0 Å². The van der Waals surface area contributed by atoms with E-state index in [1.165, 1.54) is 18.2 Å². The second kappa shape index (κ2) is 7.76. The third-order valence-electron chi connectivity index (χ3n) is 4.74. The highest BCUT2D eigenvalue weighted by Gasteiger charge is 2.36. The molecule has 0 amide bonds. The van der Waals surface area contributed by atoms with Crippen molar-refractivity contribution in [2.45, 2.75) is 44.4 Å². The van der Waals surface area contributed by atoms with Crippen LogP contribution in [0.2, 0.25) is 5.02 Å². The van der Waals surface area contributed by atoms with Gasteiger partial charge in [-0.1, -0.05) is 36.6 Å². The second-order valence-corrected chi connectivity index (χ2v) is 6.97. The molecule has 0 atom stereocenters. The van der Waals surface area contributed by atoms with Crippen LogP contribution in [-0.4, -0.2) is 4.92 Å². The van der Waals surface area contributed by atoms with E-state index in [-0.39, 0.29) is 29.0 Å². The van der Waals surface area contributed by atoms with Crippen molar-refractivity contribution >= 4 is 17.3 Å². The first-order chi connectivity index (χ1) is 12.8. The quantitative estimate of drug-likeness (QED) is 0.425. The second-order valence-electron chi connectivity index (χ2n) is 6.56. The molecule has 0 radical (unpaired) electrons. The van der Waals surface area contributed by atoms with Crippen LogP contribution >= 0.6 is 11.6 Å². The summed E-state index contributed by atoms with van der Waals surface area (Å²) in [6, 6.07) is 8.14. The Bertz CT molecular complexity index is 849. The summed E-state index contributed by atoms with van der Waals surface area (Å²) in [6.45, 7) is -0.0951. The minimum absolute atomic E-state index is 0.0509. The van der Waals surface area contributed by atoms with Gasteiger partial charge >= 0.3 is 6.18 Å². The summed E-state index contributed by atoms with van der Waals surface area (Å²) in [6.07, 6.45) is -0.966. The SMILES string of the molecule is O=[N+]([O-])c1ccc(OCc2ccc(C3CCCC3)c(C(F)(F)F)c2)cc1Cl. The molecule has 0 aliphatic heterocycles. The monoisotopic (exact) mass is 399 g/mol. The molecule has 27 heavy (non-hydrogen) atoms. The van der Waals surface area contributed by atoms with Crippen molar-refractivity contribution in [1.29, 1.82) is 0 Å². The van der Waals surface area contributed by atoms with Gasteiger partial charge in [-0.2, -0.15) is 13.2 Å². The third kappa shape index (κ3) is 4.53. The fourth-order valence-corrected chi connectivity index (χ4v) is 3.66. The normalized spacial score (nSPS) is 15.1. The molecule has 0 bridgehead atoms. The minimum atomic E-state index is -4.43. The summed E-state index contributed by atoms with van der Waals surface area (Å²) in [7, 11) is 0. The van der Waals surface area contributed by atoms with E-state index in [1.54, 1.807) is 12.1 Å². The summed E-state index contributed by atoms with van der Waals surface area (Å²) in [5, 5.41) is 10.7. The molecular weight excluding hydrogens is 383 g/mol. The van der Waals surface area contributed by atoms with Gasteiger partial charge in [-0.3, -0.25) is 10.1 Å². The van der Waals surface area contributed by atoms with E-state index in [0.29, 0.717) is 11.1 Å². The highest BCUT2D eigenvalue weighted by molar-refractivity contribution is 6.32. The molecule has 144 valence electrons. The lowest BCUT2D eigenvalue weighted by Gasteiger charge is -2.19. The summed E-state index contributed by atoms with van der Waals surface area (Å²) in [5.74, 6) is 0.198. The Labute approximate surface area is 159 Å². The van der Waals surface area contributed by atoms with Crippen LogP contribution < -0.4 is 4.74 Å². The molecule has 4 nitrogen and oxygen atoms in total. The number of halogens is 4. The van der Waals surface area contributed by atoms with Crippen LogP contribution in [0.3, 0.4) is 0 Å². The zero-order valence-corrected chi connectivity index (χ0v) is 15.0.